The minimum absolute atomic E-state index is 0.409. The lowest BCUT2D eigenvalue weighted by Gasteiger charge is -2.13. The van der Waals surface area contributed by atoms with Gasteiger partial charge < -0.3 is 4.90 Å². The van der Waals surface area contributed by atoms with Gasteiger partial charge in [-0.15, -0.1) is 0 Å². The zero-order chi connectivity index (χ0) is 15.3. The molecule has 108 valence electrons. The van der Waals surface area contributed by atoms with Crippen LogP contribution in [-0.4, -0.2) is 48.7 Å². The zero-order valence-electron chi connectivity index (χ0n) is 12.5. The second-order valence-corrected chi connectivity index (χ2v) is 5.50. The first-order chi connectivity index (χ1) is 9.34. The maximum absolute atomic E-state index is 6.33. The molecule has 0 N–H and O–H groups in total. The van der Waals surface area contributed by atoms with Crippen LogP contribution in [0.4, 0.5) is 0 Å². The fourth-order valence-electron chi connectivity index (χ4n) is 1.59. The molecule has 1 aromatic carbocycles. The third-order valence-corrected chi connectivity index (χ3v) is 3.72. The van der Waals surface area contributed by atoms with Gasteiger partial charge in [0.15, 0.2) is 5.71 Å². The van der Waals surface area contributed by atoms with Crippen molar-refractivity contribution in [2.75, 3.05) is 28.2 Å². The van der Waals surface area contributed by atoms with E-state index in [0.29, 0.717) is 10.5 Å². The quantitative estimate of drug-likeness (QED) is 0.362. The molecule has 0 spiro atoms. The number of rotatable bonds is 3. The van der Waals surface area contributed by atoms with Crippen molar-refractivity contribution < 1.29 is 4.58 Å². The van der Waals surface area contributed by atoms with Crippen LogP contribution in [0.2, 0.25) is 0 Å². The Hall–Kier alpha value is -1.32. The van der Waals surface area contributed by atoms with Crippen molar-refractivity contribution in [3.63, 3.8) is 0 Å². The SMILES string of the molecule is CC(/C(=N\C(Cl)=[N+](C)C)c1ccccc1)=C(/Cl)N(C)C. The van der Waals surface area contributed by atoms with Crippen molar-refractivity contribution in [3.05, 3.63) is 46.6 Å². The van der Waals surface area contributed by atoms with Crippen LogP contribution in [0.25, 0.3) is 0 Å². The Kier molecular flexibility index (Phi) is 6.24. The molecule has 1 aromatic rings. The Morgan fingerprint density at radius 3 is 2.10 bits per heavy atom. The second-order valence-electron chi connectivity index (χ2n) is 4.80. The Morgan fingerprint density at radius 1 is 1.10 bits per heavy atom. The first-order valence-corrected chi connectivity index (χ1v) is 6.98. The highest BCUT2D eigenvalue weighted by Crippen LogP contribution is 2.18. The molecule has 0 aliphatic carbocycles. The van der Waals surface area contributed by atoms with Crippen molar-refractivity contribution in [1.82, 2.24) is 4.90 Å². The molecule has 5 heteroatoms. The van der Waals surface area contributed by atoms with Crippen LogP contribution in [-0.2, 0) is 0 Å². The summed E-state index contributed by atoms with van der Waals surface area (Å²) in [5, 5.41) is 1.04. The summed E-state index contributed by atoms with van der Waals surface area (Å²) in [6.45, 7) is 1.94. The molecule has 0 aliphatic heterocycles. The number of aliphatic imine (C=N–C) groups is 1. The van der Waals surface area contributed by atoms with Crippen LogP contribution >= 0.6 is 23.2 Å². The van der Waals surface area contributed by atoms with Gasteiger partial charge in [-0.05, 0) is 11.9 Å². The zero-order valence-corrected chi connectivity index (χ0v) is 14.0. The lowest BCUT2D eigenvalue weighted by molar-refractivity contribution is -0.462. The van der Waals surface area contributed by atoms with Crippen molar-refractivity contribution in [2.24, 2.45) is 4.99 Å². The van der Waals surface area contributed by atoms with Gasteiger partial charge in [-0.3, -0.25) is 4.58 Å². The van der Waals surface area contributed by atoms with Crippen molar-refractivity contribution in [1.29, 1.82) is 0 Å². The number of amidine groups is 1. The molecule has 0 aromatic heterocycles. The van der Waals surface area contributed by atoms with E-state index in [1.165, 1.54) is 0 Å². The Labute approximate surface area is 130 Å². The highest BCUT2D eigenvalue weighted by Gasteiger charge is 2.18. The first kappa shape index (κ1) is 16.7. The predicted octanol–water partition coefficient (Wildman–Crippen LogP) is 3.37. The maximum atomic E-state index is 6.33. The van der Waals surface area contributed by atoms with E-state index in [2.05, 4.69) is 4.99 Å². The monoisotopic (exact) mass is 312 g/mol. The lowest BCUT2D eigenvalue weighted by atomic mass is 10.0. The molecule has 0 heterocycles. The number of halogens is 2. The summed E-state index contributed by atoms with van der Waals surface area (Å²) in [6.07, 6.45) is 0. The lowest BCUT2D eigenvalue weighted by Crippen LogP contribution is -2.15. The molecule has 1 rings (SSSR count). The summed E-state index contributed by atoms with van der Waals surface area (Å²) in [4.78, 5) is 6.35. The fraction of sp³-hybridized carbons (Fsp3) is 0.333. The van der Waals surface area contributed by atoms with E-state index in [4.69, 9.17) is 23.2 Å². The molecule has 0 fully saturated rings. The van der Waals surface area contributed by atoms with Gasteiger partial charge in [0.2, 0.25) is 0 Å². The van der Waals surface area contributed by atoms with Crippen molar-refractivity contribution >= 4 is 34.2 Å². The third-order valence-electron chi connectivity index (χ3n) is 2.68. The highest BCUT2D eigenvalue weighted by molar-refractivity contribution is 6.64. The number of hydrogen-bond donors (Lipinski definition) is 0. The largest absolute Gasteiger partial charge is 0.391 e. The van der Waals surface area contributed by atoms with Gasteiger partial charge in [0.1, 0.15) is 5.16 Å². The Balaban J connectivity index is 3.46. The van der Waals surface area contributed by atoms with Crippen LogP contribution in [0.15, 0.2) is 46.1 Å². The van der Waals surface area contributed by atoms with E-state index >= 15 is 0 Å². The number of nitrogens with zero attached hydrogens (tertiary/aromatic N) is 3. The Bertz CT molecular complexity index is 554. The topological polar surface area (TPSA) is 18.6 Å². The fourth-order valence-corrected chi connectivity index (χ4v) is 1.76. The summed E-state index contributed by atoms with van der Waals surface area (Å²) in [6, 6.07) is 9.87. The van der Waals surface area contributed by atoms with Crippen LogP contribution < -0.4 is 0 Å². The van der Waals surface area contributed by atoms with E-state index in [1.54, 1.807) is 4.58 Å². The normalized spacial score (nSPS) is 12.8. The minimum atomic E-state index is 0.409. The van der Waals surface area contributed by atoms with Crippen molar-refractivity contribution in [2.45, 2.75) is 6.92 Å². The molecule has 20 heavy (non-hydrogen) atoms. The van der Waals surface area contributed by atoms with Crippen LogP contribution in [0.1, 0.15) is 12.5 Å². The molecule has 0 saturated heterocycles. The van der Waals surface area contributed by atoms with Gasteiger partial charge in [-0.1, -0.05) is 41.9 Å². The average Bonchev–Trinajstić information content (AvgIpc) is 2.43. The van der Waals surface area contributed by atoms with Gasteiger partial charge in [0, 0.05) is 36.8 Å². The predicted molar refractivity (Wildman–Crippen MR) is 88.2 cm³/mol. The summed E-state index contributed by atoms with van der Waals surface area (Å²) in [7, 11) is 7.49. The Morgan fingerprint density at radius 2 is 1.65 bits per heavy atom. The highest BCUT2D eigenvalue weighted by atomic mass is 35.5. The molecule has 0 amide bonds. The molecule has 3 nitrogen and oxygen atoms in total. The maximum Gasteiger partial charge on any atom is 0.391 e. The van der Waals surface area contributed by atoms with Crippen LogP contribution in [0, 0.1) is 0 Å². The van der Waals surface area contributed by atoms with E-state index in [9.17, 15) is 0 Å². The number of benzene rings is 1. The van der Waals surface area contributed by atoms with Crippen LogP contribution in [0.3, 0.4) is 0 Å². The minimum Gasteiger partial charge on any atom is -0.368 e. The second kappa shape index (κ2) is 7.46. The third kappa shape index (κ3) is 4.36. The number of hydrogen-bond acceptors (Lipinski definition) is 1. The van der Waals surface area contributed by atoms with E-state index in [1.807, 2.05) is 70.3 Å². The first-order valence-electron chi connectivity index (χ1n) is 6.22. The molecular weight excluding hydrogens is 293 g/mol. The molecule has 0 radical (unpaired) electrons. The smallest absolute Gasteiger partial charge is 0.368 e. The molecular formula is C15H20Cl2N3+. The number of allylic oxidation sites excluding steroid dienone is 1. The summed E-state index contributed by atoms with van der Waals surface area (Å²) < 4.78 is 1.75. The summed E-state index contributed by atoms with van der Waals surface area (Å²) in [5.41, 5.74) is 2.62. The standard InChI is InChI=1S/C15H20Cl2N3/c1-11(14(16)19(2)3)13(18-15(17)20(4)5)12-9-7-6-8-10-12/h6-10H,1-5H3/q+1. The van der Waals surface area contributed by atoms with Gasteiger partial charge >= 0.3 is 5.29 Å². The summed E-state index contributed by atoms with van der Waals surface area (Å²) >= 11 is 12.5. The summed E-state index contributed by atoms with van der Waals surface area (Å²) in [5.74, 6) is 0. The molecule has 0 unspecified atom stereocenters. The van der Waals surface area contributed by atoms with Crippen molar-refractivity contribution in [3.8, 4) is 0 Å². The van der Waals surface area contributed by atoms with E-state index < -0.39 is 0 Å². The molecule has 0 bridgehead atoms. The molecule has 0 atom stereocenters. The van der Waals surface area contributed by atoms with E-state index in [-0.39, 0.29) is 0 Å². The molecule has 0 saturated carbocycles. The van der Waals surface area contributed by atoms with Crippen LogP contribution in [0.5, 0.6) is 0 Å². The van der Waals surface area contributed by atoms with Gasteiger partial charge in [0.25, 0.3) is 0 Å². The van der Waals surface area contributed by atoms with E-state index in [0.717, 1.165) is 16.8 Å². The van der Waals surface area contributed by atoms with Gasteiger partial charge in [-0.25, -0.2) is 0 Å². The average molecular weight is 313 g/mol. The van der Waals surface area contributed by atoms with Gasteiger partial charge in [-0.2, -0.15) is 0 Å². The molecule has 0 aliphatic rings. The van der Waals surface area contributed by atoms with Gasteiger partial charge in [0.05, 0.1) is 14.1 Å².